The maximum absolute atomic E-state index is 15.0. The summed E-state index contributed by atoms with van der Waals surface area (Å²) < 4.78 is 54.6. The number of likely N-dealkylation sites (tertiary alicyclic amines) is 1. The Kier molecular flexibility index (Phi) is 10.4. The molecule has 5 aromatic rings. The molecule has 1 saturated heterocycles. The van der Waals surface area contributed by atoms with Crippen LogP contribution in [0.3, 0.4) is 0 Å². The van der Waals surface area contributed by atoms with Crippen molar-refractivity contribution in [1.29, 1.82) is 0 Å². The summed E-state index contributed by atoms with van der Waals surface area (Å²) in [4.78, 5) is 28.4. The van der Waals surface area contributed by atoms with Crippen LogP contribution in [0.1, 0.15) is 37.8 Å². The van der Waals surface area contributed by atoms with Crippen LogP contribution in [0, 0.1) is 18.7 Å². The van der Waals surface area contributed by atoms with Gasteiger partial charge in [-0.25, -0.2) is 32.6 Å². The zero-order valence-electron chi connectivity index (χ0n) is 28.1. The summed E-state index contributed by atoms with van der Waals surface area (Å²) in [5.41, 5.74) is 2.67. The molecule has 1 amide bonds. The molecule has 260 valence electrons. The van der Waals surface area contributed by atoms with Crippen molar-refractivity contribution < 1.29 is 27.1 Å². The van der Waals surface area contributed by atoms with Crippen LogP contribution in [0.2, 0.25) is 0 Å². The van der Waals surface area contributed by atoms with Crippen molar-refractivity contribution in [3.8, 4) is 22.9 Å². The predicted molar refractivity (Wildman–Crippen MR) is 191 cm³/mol. The third-order valence-electron chi connectivity index (χ3n) is 8.39. The van der Waals surface area contributed by atoms with Gasteiger partial charge in [-0.2, -0.15) is 0 Å². The lowest BCUT2D eigenvalue weighted by Crippen LogP contribution is -2.48. The van der Waals surface area contributed by atoms with Gasteiger partial charge in [-0.3, -0.25) is 4.72 Å². The molecule has 6 rings (SSSR count). The van der Waals surface area contributed by atoms with Crippen molar-refractivity contribution in [2.24, 2.45) is 5.92 Å². The zero-order chi connectivity index (χ0) is 35.3. The van der Waals surface area contributed by atoms with E-state index >= 15 is 0 Å². The molecule has 2 N–H and O–H groups in total. The number of hydrogen-bond acceptors (Lipinski definition) is 9. The molecule has 3 heterocycles. The number of halogens is 1. The molecule has 3 aromatic carbocycles. The number of aromatic nitrogens is 3. The summed E-state index contributed by atoms with van der Waals surface area (Å²) in [5, 5.41) is 4.27. The molecule has 2 aromatic heterocycles. The van der Waals surface area contributed by atoms with Gasteiger partial charge < -0.3 is 19.7 Å². The highest BCUT2D eigenvalue weighted by atomic mass is 32.2. The molecule has 0 radical (unpaired) electrons. The van der Waals surface area contributed by atoms with Gasteiger partial charge in [0.15, 0.2) is 0 Å². The zero-order valence-corrected chi connectivity index (χ0v) is 28.9. The van der Waals surface area contributed by atoms with Crippen LogP contribution >= 0.6 is 0 Å². The molecule has 0 unspecified atom stereocenters. The monoisotopic (exact) mass is 698 g/mol. The average Bonchev–Trinajstić information content (AvgIpc) is 3.10. The molecule has 2 atom stereocenters. The third kappa shape index (κ3) is 8.11. The Balaban J connectivity index is 1.22. The second-order valence-electron chi connectivity index (χ2n) is 12.5. The number of anilines is 2. The molecule has 0 spiro atoms. The second kappa shape index (κ2) is 15.1. The van der Waals surface area contributed by atoms with E-state index in [1.165, 1.54) is 6.07 Å². The van der Waals surface area contributed by atoms with Gasteiger partial charge in [0, 0.05) is 42.3 Å². The quantitative estimate of drug-likeness (QED) is 0.143. The van der Waals surface area contributed by atoms with E-state index < -0.39 is 15.8 Å². The Morgan fingerprint density at radius 2 is 1.78 bits per heavy atom. The molecule has 1 aliphatic rings. The number of rotatable bonds is 11. The Morgan fingerprint density at radius 3 is 2.58 bits per heavy atom. The van der Waals surface area contributed by atoms with Gasteiger partial charge in [0.05, 0.1) is 22.7 Å². The van der Waals surface area contributed by atoms with Gasteiger partial charge in [-0.15, -0.1) is 0 Å². The average molecular weight is 699 g/mol. The molecule has 0 aliphatic carbocycles. The van der Waals surface area contributed by atoms with E-state index in [1.54, 1.807) is 54.5 Å². The Morgan fingerprint density at radius 1 is 0.980 bits per heavy atom. The first-order valence-electron chi connectivity index (χ1n) is 16.5. The number of nitrogens with one attached hydrogen (secondary N) is 2. The van der Waals surface area contributed by atoms with Gasteiger partial charge in [0.1, 0.15) is 18.2 Å². The standard InChI is InChI=1S/C37H39FN6O5S/c1-4-19-50(46,47)43-33-28-13-12-25(3)34(29(28)14-15-31(33)38)49-35-30(11-8-17-39-35)32-16-18-40-36(42-32)41-27-20-24(2)21-44(22-27)37(45)48-23-26-9-6-5-7-10-26/h5-18,24,27,43H,4,19-23H2,1-3H3,(H,40,41,42)/t24-,27+/m1/s1. The van der Waals surface area contributed by atoms with Crippen molar-refractivity contribution in [2.45, 2.75) is 46.3 Å². The maximum Gasteiger partial charge on any atom is 0.410 e. The van der Waals surface area contributed by atoms with E-state index in [1.807, 2.05) is 43.3 Å². The number of hydrogen-bond donors (Lipinski definition) is 2. The van der Waals surface area contributed by atoms with Crippen molar-refractivity contribution >= 4 is 38.5 Å². The number of piperidine rings is 1. The number of carbonyl (C=O) groups is 1. The van der Waals surface area contributed by atoms with Crippen LogP contribution in [-0.2, 0) is 21.4 Å². The third-order valence-corrected chi connectivity index (χ3v) is 9.85. The van der Waals surface area contributed by atoms with Crippen LogP contribution in [0.15, 0.2) is 85.2 Å². The van der Waals surface area contributed by atoms with Gasteiger partial charge in [0.2, 0.25) is 21.9 Å². The predicted octanol–water partition coefficient (Wildman–Crippen LogP) is 7.54. The number of ether oxygens (including phenoxy) is 2. The summed E-state index contributed by atoms with van der Waals surface area (Å²) >= 11 is 0. The van der Waals surface area contributed by atoms with Gasteiger partial charge >= 0.3 is 6.09 Å². The fourth-order valence-corrected chi connectivity index (χ4v) is 7.27. The first-order valence-corrected chi connectivity index (χ1v) is 18.2. The van der Waals surface area contributed by atoms with E-state index in [9.17, 15) is 17.6 Å². The van der Waals surface area contributed by atoms with Crippen molar-refractivity contribution in [2.75, 3.05) is 28.9 Å². The molecule has 50 heavy (non-hydrogen) atoms. The highest BCUT2D eigenvalue weighted by Crippen LogP contribution is 2.39. The van der Waals surface area contributed by atoms with E-state index in [2.05, 4.69) is 26.9 Å². The largest absolute Gasteiger partial charge is 0.445 e. The molecule has 13 heteroatoms. The smallest absolute Gasteiger partial charge is 0.410 e. The fraction of sp³-hybridized carbons (Fsp3) is 0.297. The van der Waals surface area contributed by atoms with Crippen LogP contribution in [-0.4, -0.2) is 59.2 Å². The van der Waals surface area contributed by atoms with E-state index in [-0.39, 0.29) is 42.0 Å². The van der Waals surface area contributed by atoms with Gasteiger partial charge in [-0.05, 0) is 67.1 Å². The fourth-order valence-electron chi connectivity index (χ4n) is 6.12. The Labute approximate surface area is 290 Å². The number of benzene rings is 3. The number of pyridine rings is 1. The number of aryl methyl sites for hydroxylation is 1. The lowest BCUT2D eigenvalue weighted by molar-refractivity contribution is 0.0783. The first kappa shape index (κ1) is 34.6. The highest BCUT2D eigenvalue weighted by Gasteiger charge is 2.29. The van der Waals surface area contributed by atoms with Gasteiger partial charge in [0.25, 0.3) is 0 Å². The maximum atomic E-state index is 15.0. The van der Waals surface area contributed by atoms with Crippen LogP contribution in [0.5, 0.6) is 11.6 Å². The van der Waals surface area contributed by atoms with Crippen molar-refractivity contribution in [1.82, 2.24) is 19.9 Å². The first-order chi connectivity index (χ1) is 24.1. The molecule has 1 aliphatic heterocycles. The van der Waals surface area contributed by atoms with Gasteiger partial charge in [-0.1, -0.05) is 56.3 Å². The Bertz CT molecular complexity index is 2100. The summed E-state index contributed by atoms with van der Waals surface area (Å²) in [5.74, 6) is 0.447. The molecule has 0 saturated carbocycles. The summed E-state index contributed by atoms with van der Waals surface area (Å²) in [6.45, 7) is 6.91. The van der Waals surface area contributed by atoms with Crippen LogP contribution in [0.25, 0.3) is 22.0 Å². The molecule has 1 fully saturated rings. The number of fused-ring (bicyclic) bond motifs is 1. The SMILES string of the molecule is CCCS(=O)(=O)Nc1c(F)ccc2c(Oc3ncccc3-c3ccnc(N[C@H]4C[C@@H](C)CN(C(=O)OCc5ccccc5)C4)n3)c(C)ccc12. The summed E-state index contributed by atoms with van der Waals surface area (Å²) in [7, 11) is -3.75. The lowest BCUT2D eigenvalue weighted by Gasteiger charge is -2.36. The van der Waals surface area contributed by atoms with Crippen LogP contribution < -0.4 is 14.8 Å². The molecular weight excluding hydrogens is 660 g/mol. The van der Waals surface area contributed by atoms with Crippen molar-refractivity contribution in [3.63, 3.8) is 0 Å². The number of amides is 1. The molecule has 0 bridgehead atoms. The number of nitrogens with zero attached hydrogens (tertiary/aromatic N) is 4. The number of carbonyl (C=O) groups excluding carboxylic acids is 1. The van der Waals surface area contributed by atoms with E-state index in [4.69, 9.17) is 14.5 Å². The minimum Gasteiger partial charge on any atom is -0.445 e. The summed E-state index contributed by atoms with van der Waals surface area (Å²) in [6, 6.07) is 21.0. The topological polar surface area (TPSA) is 136 Å². The van der Waals surface area contributed by atoms with E-state index in [0.717, 1.165) is 17.5 Å². The normalized spacial score (nSPS) is 16.2. The minimum absolute atomic E-state index is 0.106. The number of sulfonamides is 1. The molecule has 11 nitrogen and oxygen atoms in total. The summed E-state index contributed by atoms with van der Waals surface area (Å²) in [6.07, 6.45) is 4.07. The minimum atomic E-state index is -3.75. The second-order valence-corrected chi connectivity index (χ2v) is 14.3. The Hall–Kier alpha value is -5.30. The highest BCUT2D eigenvalue weighted by molar-refractivity contribution is 7.92. The lowest BCUT2D eigenvalue weighted by atomic mass is 9.96. The van der Waals surface area contributed by atoms with E-state index in [0.29, 0.717) is 53.2 Å². The van der Waals surface area contributed by atoms with Crippen molar-refractivity contribution in [3.05, 3.63) is 102 Å². The van der Waals surface area contributed by atoms with Crippen LogP contribution in [0.4, 0.5) is 20.8 Å². The molecular formula is C37H39FN6O5S.